The minimum atomic E-state index is -1.11. The molecule has 0 radical (unpaired) electrons. The minimum Gasteiger partial charge on any atom is -0.465 e. The minimum absolute atomic E-state index is 0.111. The molecule has 0 fully saturated rings. The van der Waals surface area contributed by atoms with Crippen molar-refractivity contribution in [3.8, 4) is 17.6 Å². The van der Waals surface area contributed by atoms with Crippen LogP contribution in [0.25, 0.3) is 0 Å². The molecule has 2 N–H and O–H groups in total. The molecule has 136 valence electrons. The van der Waals surface area contributed by atoms with Crippen LogP contribution in [0.2, 0.25) is 0 Å². The maximum absolute atomic E-state index is 12.3. The maximum atomic E-state index is 12.3. The lowest BCUT2D eigenvalue weighted by Gasteiger charge is -2.33. The first kappa shape index (κ1) is 19.0. The summed E-state index contributed by atoms with van der Waals surface area (Å²) < 4.78 is 15.7. The van der Waals surface area contributed by atoms with Crippen LogP contribution in [0.5, 0.6) is 11.5 Å². The molecule has 0 spiro atoms. The Kier molecular flexibility index (Phi) is 7.01. The molecule has 1 aliphatic heterocycles. The second kappa shape index (κ2) is 9.22. The number of aliphatic hydroxyl groups is 2. The third-order valence-electron chi connectivity index (χ3n) is 3.90. The van der Waals surface area contributed by atoms with Gasteiger partial charge in [0, 0.05) is 13.1 Å². The molecule has 8 nitrogen and oxygen atoms in total. The third-order valence-corrected chi connectivity index (χ3v) is 3.90. The summed E-state index contributed by atoms with van der Waals surface area (Å²) in [6.45, 7) is 1.96. The van der Waals surface area contributed by atoms with Crippen LogP contribution in [0, 0.1) is 17.2 Å². The van der Waals surface area contributed by atoms with Gasteiger partial charge in [-0.15, -0.1) is 0 Å². The SMILES string of the molecule is CCOC(=O)[C@@H](C#N)[C@@H](c1ccc2c(c1)OCO2)N(CCO)CCO. The number of rotatable bonds is 9. The highest BCUT2D eigenvalue weighted by molar-refractivity contribution is 5.76. The summed E-state index contributed by atoms with van der Waals surface area (Å²) in [6.07, 6.45) is 0. The molecule has 1 aromatic rings. The molecule has 8 heteroatoms. The van der Waals surface area contributed by atoms with Crippen molar-refractivity contribution in [2.24, 2.45) is 5.92 Å². The number of carbonyl (C=O) groups is 1. The number of fused-ring (bicyclic) bond motifs is 1. The summed E-state index contributed by atoms with van der Waals surface area (Å²) >= 11 is 0. The third kappa shape index (κ3) is 4.39. The van der Waals surface area contributed by atoms with E-state index in [9.17, 15) is 20.3 Å². The molecule has 1 aromatic carbocycles. The van der Waals surface area contributed by atoms with Crippen LogP contribution < -0.4 is 9.47 Å². The van der Waals surface area contributed by atoms with Crippen LogP contribution in [-0.2, 0) is 9.53 Å². The smallest absolute Gasteiger partial charge is 0.325 e. The van der Waals surface area contributed by atoms with E-state index in [1.807, 2.05) is 6.07 Å². The second-order valence-corrected chi connectivity index (χ2v) is 5.40. The van der Waals surface area contributed by atoms with Gasteiger partial charge in [0.25, 0.3) is 0 Å². The highest BCUT2D eigenvalue weighted by Crippen LogP contribution is 2.38. The number of esters is 1. The Morgan fingerprint density at radius 2 is 2.00 bits per heavy atom. The molecule has 25 heavy (non-hydrogen) atoms. The standard InChI is InChI=1S/C17H22N2O6/c1-2-23-17(22)13(10-18)16(19(5-7-20)6-8-21)12-3-4-14-15(9-12)25-11-24-14/h3-4,9,13,16,20-21H,2,5-8,11H2,1H3/t13-,16+/m0/s1. The summed E-state index contributed by atoms with van der Waals surface area (Å²) in [5.41, 5.74) is 0.644. The Morgan fingerprint density at radius 1 is 1.32 bits per heavy atom. The van der Waals surface area contributed by atoms with Gasteiger partial charge in [-0.05, 0) is 24.6 Å². The number of carbonyl (C=O) groups excluding carboxylic acids is 1. The highest BCUT2D eigenvalue weighted by Gasteiger charge is 2.36. The molecule has 0 aromatic heterocycles. The average Bonchev–Trinajstić information content (AvgIpc) is 3.07. The number of nitrogens with zero attached hydrogens (tertiary/aromatic N) is 2. The van der Waals surface area contributed by atoms with Crippen LogP contribution >= 0.6 is 0 Å². The van der Waals surface area contributed by atoms with Gasteiger partial charge < -0.3 is 24.4 Å². The Labute approximate surface area is 146 Å². The lowest BCUT2D eigenvalue weighted by Crippen LogP contribution is -2.40. The maximum Gasteiger partial charge on any atom is 0.325 e. The quantitative estimate of drug-likeness (QED) is 0.617. The number of ether oxygens (including phenoxy) is 3. The van der Waals surface area contributed by atoms with Gasteiger partial charge in [0.1, 0.15) is 0 Å². The molecule has 0 bridgehead atoms. The number of hydrogen-bond donors (Lipinski definition) is 2. The van der Waals surface area contributed by atoms with E-state index in [0.717, 1.165) is 0 Å². The Hall–Kier alpha value is -2.34. The fourth-order valence-electron chi connectivity index (χ4n) is 2.84. The Balaban J connectivity index is 2.43. The lowest BCUT2D eigenvalue weighted by atomic mass is 9.92. The zero-order valence-electron chi connectivity index (χ0n) is 14.1. The summed E-state index contributed by atoms with van der Waals surface area (Å²) in [7, 11) is 0. The van der Waals surface area contributed by atoms with Crippen molar-refractivity contribution in [1.82, 2.24) is 4.90 Å². The highest BCUT2D eigenvalue weighted by atomic mass is 16.7. The van der Waals surface area contributed by atoms with E-state index < -0.39 is 17.9 Å². The van der Waals surface area contributed by atoms with Gasteiger partial charge in [-0.25, -0.2) is 0 Å². The molecule has 0 saturated heterocycles. The van der Waals surface area contributed by atoms with E-state index in [1.165, 1.54) is 0 Å². The molecule has 2 rings (SSSR count). The fourth-order valence-corrected chi connectivity index (χ4v) is 2.84. The van der Waals surface area contributed by atoms with Crippen LogP contribution in [0.4, 0.5) is 0 Å². The van der Waals surface area contributed by atoms with Crippen molar-refractivity contribution in [1.29, 1.82) is 5.26 Å². The normalized spacial score (nSPS) is 14.8. The summed E-state index contributed by atoms with van der Waals surface area (Å²) in [5.74, 6) is -0.647. The largest absolute Gasteiger partial charge is 0.465 e. The number of hydrogen-bond acceptors (Lipinski definition) is 8. The van der Waals surface area contributed by atoms with E-state index in [-0.39, 0.29) is 39.7 Å². The van der Waals surface area contributed by atoms with Crippen molar-refractivity contribution in [2.45, 2.75) is 13.0 Å². The Morgan fingerprint density at radius 3 is 2.60 bits per heavy atom. The topological polar surface area (TPSA) is 112 Å². The average molecular weight is 350 g/mol. The Bertz CT molecular complexity index is 624. The summed E-state index contributed by atoms with van der Waals surface area (Å²) in [6, 6.07) is 6.46. The zero-order chi connectivity index (χ0) is 18.2. The molecular weight excluding hydrogens is 328 g/mol. The zero-order valence-corrected chi connectivity index (χ0v) is 14.1. The molecule has 0 unspecified atom stereocenters. The molecule has 0 saturated carbocycles. The van der Waals surface area contributed by atoms with E-state index in [1.54, 1.807) is 30.0 Å². The first-order chi connectivity index (χ1) is 12.2. The first-order valence-electron chi connectivity index (χ1n) is 8.07. The van der Waals surface area contributed by atoms with Gasteiger partial charge in [-0.2, -0.15) is 5.26 Å². The molecule has 0 amide bonds. The molecule has 1 aliphatic rings. The predicted molar refractivity (Wildman–Crippen MR) is 86.8 cm³/mol. The van der Waals surface area contributed by atoms with E-state index in [0.29, 0.717) is 17.1 Å². The van der Waals surface area contributed by atoms with Gasteiger partial charge in [0.15, 0.2) is 17.4 Å². The van der Waals surface area contributed by atoms with Crippen LogP contribution in [0.1, 0.15) is 18.5 Å². The van der Waals surface area contributed by atoms with Crippen LogP contribution in [0.3, 0.4) is 0 Å². The van der Waals surface area contributed by atoms with Crippen LogP contribution in [0.15, 0.2) is 18.2 Å². The number of aliphatic hydroxyl groups excluding tert-OH is 2. The lowest BCUT2D eigenvalue weighted by molar-refractivity contribution is -0.148. The van der Waals surface area contributed by atoms with Gasteiger partial charge in [0.2, 0.25) is 6.79 Å². The van der Waals surface area contributed by atoms with Crippen LogP contribution in [-0.4, -0.2) is 60.8 Å². The van der Waals surface area contributed by atoms with Gasteiger partial charge in [-0.3, -0.25) is 9.69 Å². The van der Waals surface area contributed by atoms with Gasteiger partial charge in [0.05, 0.1) is 31.9 Å². The van der Waals surface area contributed by atoms with Gasteiger partial charge in [-0.1, -0.05) is 6.07 Å². The van der Waals surface area contributed by atoms with E-state index in [4.69, 9.17) is 14.2 Å². The number of nitriles is 1. The summed E-state index contributed by atoms with van der Waals surface area (Å²) in [4.78, 5) is 14.0. The second-order valence-electron chi connectivity index (χ2n) is 5.40. The van der Waals surface area contributed by atoms with Crippen molar-refractivity contribution in [3.05, 3.63) is 23.8 Å². The molecule has 1 heterocycles. The van der Waals surface area contributed by atoms with Crippen molar-refractivity contribution >= 4 is 5.97 Å². The van der Waals surface area contributed by atoms with E-state index >= 15 is 0 Å². The predicted octanol–water partition coefficient (Wildman–Crippen LogP) is 0.446. The van der Waals surface area contributed by atoms with Crippen molar-refractivity contribution in [2.75, 3.05) is 39.7 Å². The molecule has 2 atom stereocenters. The van der Waals surface area contributed by atoms with Crippen molar-refractivity contribution < 1.29 is 29.2 Å². The fraction of sp³-hybridized carbons (Fsp3) is 0.529. The van der Waals surface area contributed by atoms with Gasteiger partial charge >= 0.3 is 5.97 Å². The van der Waals surface area contributed by atoms with E-state index in [2.05, 4.69) is 0 Å². The number of benzene rings is 1. The molecule has 0 aliphatic carbocycles. The van der Waals surface area contributed by atoms with Crippen molar-refractivity contribution in [3.63, 3.8) is 0 Å². The molecular formula is C17H22N2O6. The first-order valence-corrected chi connectivity index (χ1v) is 8.07. The monoisotopic (exact) mass is 350 g/mol. The summed E-state index contributed by atoms with van der Waals surface area (Å²) in [5, 5.41) is 28.3.